The summed E-state index contributed by atoms with van der Waals surface area (Å²) in [4.78, 5) is 10.1. The van der Waals surface area contributed by atoms with E-state index in [2.05, 4.69) is 10.5 Å². The lowest BCUT2D eigenvalue weighted by Gasteiger charge is -2.06. The second-order valence-electron chi connectivity index (χ2n) is 4.11. The first-order valence-electron chi connectivity index (χ1n) is 5.79. The molecule has 22 heavy (non-hydrogen) atoms. The van der Waals surface area contributed by atoms with Gasteiger partial charge in [-0.3, -0.25) is 15.5 Å². The van der Waals surface area contributed by atoms with Gasteiger partial charge in [0.25, 0.3) is 5.69 Å². The van der Waals surface area contributed by atoms with Gasteiger partial charge in [0, 0.05) is 22.7 Å². The number of phenols is 1. The Morgan fingerprint density at radius 1 is 1.18 bits per heavy atom. The summed E-state index contributed by atoms with van der Waals surface area (Å²) in [5.41, 5.74) is 2.93. The summed E-state index contributed by atoms with van der Waals surface area (Å²) >= 11 is 17.7. The van der Waals surface area contributed by atoms with Gasteiger partial charge in [0.15, 0.2) is 0 Å². The first-order valence-corrected chi connectivity index (χ1v) is 6.93. The van der Waals surface area contributed by atoms with Crippen molar-refractivity contribution < 1.29 is 10.0 Å². The lowest BCUT2D eigenvalue weighted by atomic mass is 10.2. The molecule has 0 fully saturated rings. The molecule has 0 atom stereocenters. The molecule has 0 heterocycles. The Hall–Kier alpha value is -2.02. The van der Waals surface area contributed by atoms with Crippen molar-refractivity contribution in [3.8, 4) is 5.75 Å². The predicted molar refractivity (Wildman–Crippen MR) is 87.4 cm³/mol. The van der Waals surface area contributed by atoms with Gasteiger partial charge in [-0.25, -0.2) is 0 Å². The number of aromatic hydroxyl groups is 1. The molecule has 2 N–H and O–H groups in total. The van der Waals surface area contributed by atoms with Crippen LogP contribution in [0.25, 0.3) is 0 Å². The number of benzene rings is 2. The number of phenolic OH excluding ortho intramolecular Hbond substituents is 1. The Labute approximate surface area is 140 Å². The molecule has 0 aliphatic heterocycles. The normalized spacial score (nSPS) is 10.9. The highest BCUT2D eigenvalue weighted by molar-refractivity contribution is 6.41. The molecular weight excluding hydrogens is 353 g/mol. The van der Waals surface area contributed by atoms with Crippen LogP contribution in [0.4, 0.5) is 11.4 Å². The lowest BCUT2D eigenvalue weighted by molar-refractivity contribution is -0.384. The zero-order valence-corrected chi connectivity index (χ0v) is 13.0. The standard InChI is InChI=1S/C13H8Cl3N3O3/c14-8-4-10(15)13(11(16)5-8)18-17-6-7-3-9(19(21)22)1-2-12(7)20/h1-6,18,20H/b17-6-. The van der Waals surface area contributed by atoms with Crippen molar-refractivity contribution in [3.63, 3.8) is 0 Å². The molecule has 6 nitrogen and oxygen atoms in total. The Kier molecular flexibility index (Phi) is 5.07. The van der Waals surface area contributed by atoms with Crippen LogP contribution in [-0.4, -0.2) is 16.2 Å². The summed E-state index contributed by atoms with van der Waals surface area (Å²) in [6.07, 6.45) is 1.21. The van der Waals surface area contributed by atoms with Gasteiger partial charge in [0.05, 0.1) is 26.9 Å². The van der Waals surface area contributed by atoms with Gasteiger partial charge in [-0.1, -0.05) is 34.8 Å². The van der Waals surface area contributed by atoms with Crippen LogP contribution in [0.2, 0.25) is 15.1 Å². The second kappa shape index (κ2) is 6.83. The average Bonchev–Trinajstić information content (AvgIpc) is 2.43. The molecule has 0 bridgehead atoms. The van der Waals surface area contributed by atoms with Crippen LogP contribution in [0.5, 0.6) is 5.75 Å². The average molecular weight is 361 g/mol. The van der Waals surface area contributed by atoms with Crippen LogP contribution in [0.3, 0.4) is 0 Å². The number of halogens is 3. The highest BCUT2D eigenvalue weighted by Gasteiger charge is 2.09. The molecule has 0 aliphatic rings. The first-order chi connectivity index (χ1) is 10.4. The summed E-state index contributed by atoms with van der Waals surface area (Å²) in [7, 11) is 0. The van der Waals surface area contributed by atoms with Gasteiger partial charge in [-0.2, -0.15) is 5.10 Å². The molecule has 0 saturated carbocycles. The number of hydrogen-bond acceptors (Lipinski definition) is 5. The second-order valence-corrected chi connectivity index (χ2v) is 5.37. The molecule has 114 valence electrons. The van der Waals surface area contributed by atoms with Gasteiger partial charge >= 0.3 is 0 Å². The molecule has 0 unspecified atom stereocenters. The number of hydrazone groups is 1. The monoisotopic (exact) mass is 359 g/mol. The number of rotatable bonds is 4. The fourth-order valence-electron chi connectivity index (χ4n) is 1.57. The minimum absolute atomic E-state index is 0.149. The van der Waals surface area contributed by atoms with Gasteiger partial charge in [0.1, 0.15) is 5.75 Å². The highest BCUT2D eigenvalue weighted by Crippen LogP contribution is 2.33. The summed E-state index contributed by atoms with van der Waals surface area (Å²) in [5.74, 6) is -0.149. The molecular formula is C13H8Cl3N3O3. The van der Waals surface area contributed by atoms with E-state index in [1.54, 1.807) is 0 Å². The number of nitrogens with zero attached hydrogens (tertiary/aromatic N) is 2. The Morgan fingerprint density at radius 3 is 2.41 bits per heavy atom. The molecule has 0 spiro atoms. The highest BCUT2D eigenvalue weighted by atomic mass is 35.5. The van der Waals surface area contributed by atoms with E-state index >= 15 is 0 Å². The number of nitro groups is 1. The third-order valence-corrected chi connectivity index (χ3v) is 3.42. The van der Waals surface area contributed by atoms with Crippen LogP contribution < -0.4 is 5.43 Å². The molecule has 2 aromatic carbocycles. The lowest BCUT2D eigenvalue weighted by Crippen LogP contribution is -1.94. The SMILES string of the molecule is O=[N+]([O-])c1ccc(O)c(/C=N\Nc2c(Cl)cc(Cl)cc2Cl)c1. The zero-order valence-electron chi connectivity index (χ0n) is 10.8. The minimum Gasteiger partial charge on any atom is -0.507 e. The summed E-state index contributed by atoms with van der Waals surface area (Å²) in [5, 5.41) is 25.1. The first kappa shape index (κ1) is 16.4. The van der Waals surface area contributed by atoms with E-state index in [1.807, 2.05) is 0 Å². The van der Waals surface area contributed by atoms with E-state index in [9.17, 15) is 15.2 Å². The molecule has 0 aromatic heterocycles. The fourth-order valence-corrected chi connectivity index (χ4v) is 2.48. The topological polar surface area (TPSA) is 87.8 Å². The molecule has 2 rings (SSSR count). The van der Waals surface area contributed by atoms with E-state index in [4.69, 9.17) is 34.8 Å². The fraction of sp³-hybridized carbons (Fsp3) is 0. The largest absolute Gasteiger partial charge is 0.507 e. The number of nitro benzene ring substituents is 1. The molecule has 9 heteroatoms. The van der Waals surface area contributed by atoms with Gasteiger partial charge in [0.2, 0.25) is 0 Å². The maximum Gasteiger partial charge on any atom is 0.270 e. The molecule has 0 amide bonds. The number of anilines is 1. The number of non-ortho nitro benzene ring substituents is 1. The van der Waals surface area contributed by atoms with Crippen molar-refractivity contribution in [1.29, 1.82) is 0 Å². The Bertz CT molecular complexity index is 742. The van der Waals surface area contributed by atoms with Crippen molar-refractivity contribution in [2.24, 2.45) is 5.10 Å². The van der Waals surface area contributed by atoms with Crippen LogP contribution >= 0.6 is 34.8 Å². The van der Waals surface area contributed by atoms with Crippen molar-refractivity contribution in [3.05, 3.63) is 61.1 Å². The maximum atomic E-state index is 10.7. The molecule has 0 radical (unpaired) electrons. The van der Waals surface area contributed by atoms with Crippen LogP contribution in [0.15, 0.2) is 35.4 Å². The Balaban J connectivity index is 2.23. The molecule has 0 saturated heterocycles. The summed E-state index contributed by atoms with van der Waals surface area (Å²) < 4.78 is 0. The quantitative estimate of drug-likeness (QED) is 0.469. The van der Waals surface area contributed by atoms with E-state index in [1.165, 1.54) is 36.5 Å². The summed E-state index contributed by atoms with van der Waals surface area (Å²) in [6.45, 7) is 0. The van der Waals surface area contributed by atoms with E-state index in [-0.39, 0.29) is 27.0 Å². The van der Waals surface area contributed by atoms with Crippen molar-refractivity contribution >= 4 is 52.4 Å². The van der Waals surface area contributed by atoms with E-state index in [0.717, 1.165) is 0 Å². The van der Waals surface area contributed by atoms with Crippen molar-refractivity contribution in [2.75, 3.05) is 5.43 Å². The maximum absolute atomic E-state index is 10.7. The van der Waals surface area contributed by atoms with Crippen LogP contribution in [0.1, 0.15) is 5.56 Å². The third-order valence-electron chi connectivity index (χ3n) is 2.61. The van der Waals surface area contributed by atoms with Gasteiger partial charge in [-0.05, 0) is 18.2 Å². The third kappa shape index (κ3) is 3.79. The number of hydrogen-bond donors (Lipinski definition) is 2. The summed E-state index contributed by atoms with van der Waals surface area (Å²) in [6, 6.07) is 6.55. The van der Waals surface area contributed by atoms with E-state index < -0.39 is 4.92 Å². The van der Waals surface area contributed by atoms with Gasteiger partial charge < -0.3 is 5.11 Å². The minimum atomic E-state index is -0.572. The van der Waals surface area contributed by atoms with Crippen molar-refractivity contribution in [2.45, 2.75) is 0 Å². The number of nitrogens with one attached hydrogen (secondary N) is 1. The zero-order chi connectivity index (χ0) is 16.3. The smallest absolute Gasteiger partial charge is 0.270 e. The molecule has 2 aromatic rings. The Morgan fingerprint density at radius 2 is 1.82 bits per heavy atom. The van der Waals surface area contributed by atoms with Crippen LogP contribution in [0, 0.1) is 10.1 Å². The molecule has 0 aliphatic carbocycles. The van der Waals surface area contributed by atoms with Crippen molar-refractivity contribution in [1.82, 2.24) is 0 Å². The van der Waals surface area contributed by atoms with Crippen LogP contribution in [-0.2, 0) is 0 Å². The predicted octanol–water partition coefficient (Wildman–Crippen LogP) is 4.71. The van der Waals surface area contributed by atoms with Gasteiger partial charge in [-0.15, -0.1) is 0 Å². The van der Waals surface area contributed by atoms with E-state index in [0.29, 0.717) is 10.7 Å².